The van der Waals surface area contributed by atoms with Crippen molar-refractivity contribution in [3.63, 3.8) is 0 Å². The van der Waals surface area contributed by atoms with Crippen LogP contribution in [0.3, 0.4) is 0 Å². The third-order valence-electron chi connectivity index (χ3n) is 6.95. The van der Waals surface area contributed by atoms with Crippen LogP contribution in [-0.2, 0) is 6.54 Å². The van der Waals surface area contributed by atoms with Gasteiger partial charge in [-0.25, -0.2) is 13.8 Å². The first kappa shape index (κ1) is 20.8. The molecule has 2 unspecified atom stereocenters. The van der Waals surface area contributed by atoms with Crippen molar-refractivity contribution in [3.8, 4) is 11.3 Å². The van der Waals surface area contributed by atoms with Crippen LogP contribution in [0.4, 0.5) is 8.78 Å². The highest BCUT2D eigenvalue weighted by molar-refractivity contribution is 6.14. The Labute approximate surface area is 200 Å². The van der Waals surface area contributed by atoms with Crippen molar-refractivity contribution in [2.24, 2.45) is 4.99 Å². The number of hydrogen-bond acceptors (Lipinski definition) is 6. The minimum absolute atomic E-state index is 0.0423. The molecular formula is C26H23F2N7. The van der Waals surface area contributed by atoms with Gasteiger partial charge in [0.2, 0.25) is 0 Å². The van der Waals surface area contributed by atoms with Crippen molar-refractivity contribution in [2.45, 2.75) is 38.0 Å². The number of pyridine rings is 2. The Morgan fingerprint density at radius 3 is 2.91 bits per heavy atom. The van der Waals surface area contributed by atoms with Crippen LogP contribution in [-0.4, -0.2) is 55.7 Å². The zero-order valence-electron chi connectivity index (χ0n) is 19.1. The summed E-state index contributed by atoms with van der Waals surface area (Å²) in [7, 11) is 0. The van der Waals surface area contributed by atoms with E-state index in [9.17, 15) is 8.78 Å². The molecule has 2 fully saturated rings. The van der Waals surface area contributed by atoms with E-state index in [1.165, 1.54) is 0 Å². The molecule has 0 bridgehead atoms. The number of benzene rings is 1. The summed E-state index contributed by atoms with van der Waals surface area (Å²) in [5.41, 5.74) is 8.49. The van der Waals surface area contributed by atoms with E-state index < -0.39 is 5.92 Å². The molecule has 176 valence electrons. The number of likely N-dealkylation sites (tertiary alicyclic amines) is 1. The molecule has 3 aliphatic heterocycles. The third-order valence-corrected chi connectivity index (χ3v) is 6.95. The van der Waals surface area contributed by atoms with Gasteiger partial charge in [0, 0.05) is 48.6 Å². The second-order valence-electron chi connectivity index (χ2n) is 9.73. The minimum atomic E-state index is -2.59. The quantitative estimate of drug-likeness (QED) is 0.439. The van der Waals surface area contributed by atoms with Gasteiger partial charge in [-0.2, -0.15) is 0 Å². The molecule has 7 nitrogen and oxygen atoms in total. The van der Waals surface area contributed by atoms with Crippen LogP contribution in [0.2, 0.25) is 0 Å². The maximum absolute atomic E-state index is 13.7. The van der Waals surface area contributed by atoms with Crippen molar-refractivity contribution in [2.75, 3.05) is 13.1 Å². The molecule has 2 N–H and O–H groups in total. The number of hydrogen-bond donors (Lipinski definition) is 2. The smallest absolute Gasteiger partial charge is 0.261 e. The van der Waals surface area contributed by atoms with E-state index in [2.05, 4.69) is 39.6 Å². The van der Waals surface area contributed by atoms with Crippen molar-refractivity contribution < 1.29 is 8.78 Å². The molecular weight excluding hydrogens is 448 g/mol. The van der Waals surface area contributed by atoms with Crippen molar-refractivity contribution in [3.05, 3.63) is 77.0 Å². The molecule has 6 heterocycles. The largest absolute Gasteiger partial charge is 0.335 e. The topological polar surface area (TPSA) is 92.0 Å². The van der Waals surface area contributed by atoms with Gasteiger partial charge in [0.15, 0.2) is 5.82 Å². The maximum atomic E-state index is 13.7. The number of nitrogens with zero attached hydrogens (tertiary/aromatic N) is 5. The van der Waals surface area contributed by atoms with E-state index in [0.717, 1.165) is 50.3 Å². The molecule has 1 aromatic carbocycles. The molecule has 0 aliphatic carbocycles. The lowest BCUT2D eigenvalue weighted by molar-refractivity contribution is 0.0115. The van der Waals surface area contributed by atoms with Gasteiger partial charge in [-0.15, -0.1) is 0 Å². The van der Waals surface area contributed by atoms with Gasteiger partial charge >= 0.3 is 0 Å². The van der Waals surface area contributed by atoms with E-state index >= 15 is 0 Å². The molecule has 0 radical (unpaired) electrons. The fourth-order valence-corrected chi connectivity index (χ4v) is 5.24. The number of alkyl halides is 2. The van der Waals surface area contributed by atoms with Crippen molar-refractivity contribution in [1.29, 1.82) is 0 Å². The summed E-state index contributed by atoms with van der Waals surface area (Å²) in [6, 6.07) is 10.3. The zero-order chi connectivity index (χ0) is 23.7. The van der Waals surface area contributed by atoms with E-state index in [1.54, 1.807) is 12.4 Å². The summed E-state index contributed by atoms with van der Waals surface area (Å²) in [4.78, 5) is 23.8. The van der Waals surface area contributed by atoms with E-state index in [-0.39, 0.29) is 25.2 Å². The zero-order valence-corrected chi connectivity index (χ0v) is 19.1. The SMILES string of the molecule is Cc1cc(CN2CCC(F)(F)C2)cc(-c2cc3c(cn2)C2NC2N=C3c2nc3ccncc3[nH]2)c1. The van der Waals surface area contributed by atoms with Crippen LogP contribution in [0.1, 0.15) is 40.5 Å². The predicted molar refractivity (Wildman–Crippen MR) is 128 cm³/mol. The lowest BCUT2D eigenvalue weighted by atomic mass is 9.95. The Morgan fingerprint density at radius 1 is 1.17 bits per heavy atom. The molecule has 35 heavy (non-hydrogen) atoms. The maximum Gasteiger partial charge on any atom is 0.261 e. The Morgan fingerprint density at radius 2 is 2.09 bits per heavy atom. The Bertz CT molecular complexity index is 1480. The van der Waals surface area contributed by atoms with E-state index in [0.29, 0.717) is 18.9 Å². The second kappa shape index (κ2) is 7.47. The van der Waals surface area contributed by atoms with Crippen LogP contribution in [0.5, 0.6) is 0 Å². The standard InChI is InChI=1S/C26H23F2N7/c1-14-6-15(12-35-5-3-26(27,28)13-35)8-16(7-14)20-9-17-18(10-30-20)23-25(34-23)33-22(17)24-31-19-2-4-29-11-21(19)32-24/h2,4,6-11,23,25,34H,3,5,12-13H2,1H3,(H,31,32). The minimum Gasteiger partial charge on any atom is -0.335 e. The van der Waals surface area contributed by atoms with Crippen molar-refractivity contribution in [1.82, 2.24) is 30.2 Å². The highest BCUT2D eigenvalue weighted by atomic mass is 19.3. The number of aromatic amines is 1. The summed E-state index contributed by atoms with van der Waals surface area (Å²) < 4.78 is 27.4. The van der Waals surface area contributed by atoms with Gasteiger partial charge in [0.1, 0.15) is 11.9 Å². The first-order valence-electron chi connectivity index (χ1n) is 11.8. The van der Waals surface area contributed by atoms with Gasteiger partial charge in [-0.3, -0.25) is 25.2 Å². The number of nitrogens with one attached hydrogen (secondary N) is 2. The number of imidazole rings is 1. The first-order chi connectivity index (χ1) is 16.9. The first-order valence-corrected chi connectivity index (χ1v) is 11.8. The number of aromatic nitrogens is 4. The molecule has 0 spiro atoms. The molecule has 4 aromatic rings. The van der Waals surface area contributed by atoms with Gasteiger partial charge in [-0.1, -0.05) is 11.6 Å². The summed E-state index contributed by atoms with van der Waals surface area (Å²) in [5.74, 6) is -1.89. The molecule has 2 saturated heterocycles. The van der Waals surface area contributed by atoms with Gasteiger partial charge in [0.05, 0.1) is 35.5 Å². The highest BCUT2D eigenvalue weighted by Crippen LogP contribution is 2.39. The lowest BCUT2D eigenvalue weighted by Gasteiger charge is -2.18. The van der Waals surface area contributed by atoms with Crippen molar-refractivity contribution >= 4 is 16.7 Å². The molecule has 7 rings (SSSR count). The highest BCUT2D eigenvalue weighted by Gasteiger charge is 2.44. The average molecular weight is 472 g/mol. The lowest BCUT2D eigenvalue weighted by Crippen LogP contribution is -2.24. The fourth-order valence-electron chi connectivity index (χ4n) is 5.24. The molecule has 9 heteroatoms. The van der Waals surface area contributed by atoms with Crippen LogP contribution < -0.4 is 5.32 Å². The number of aliphatic imine (C=N–C) groups is 1. The number of halogens is 2. The molecule has 0 saturated carbocycles. The monoisotopic (exact) mass is 471 g/mol. The van der Waals surface area contributed by atoms with Gasteiger partial charge in [-0.05, 0) is 36.8 Å². The number of aryl methyl sites for hydroxylation is 1. The molecule has 0 amide bonds. The summed E-state index contributed by atoms with van der Waals surface area (Å²) in [5, 5.41) is 3.40. The van der Waals surface area contributed by atoms with Crippen LogP contribution in [0.25, 0.3) is 22.3 Å². The molecule has 3 aliphatic rings. The van der Waals surface area contributed by atoms with Crippen LogP contribution >= 0.6 is 0 Å². The number of rotatable bonds is 4. The molecule has 2 atom stereocenters. The van der Waals surface area contributed by atoms with Crippen LogP contribution in [0.15, 0.2) is 53.9 Å². The number of H-pyrrole nitrogens is 1. The van der Waals surface area contributed by atoms with Crippen LogP contribution in [0, 0.1) is 6.92 Å². The Balaban J connectivity index is 1.26. The third kappa shape index (κ3) is 3.71. The Hall–Kier alpha value is -3.56. The summed E-state index contributed by atoms with van der Waals surface area (Å²) in [6.07, 6.45) is 5.37. The normalized spacial score (nSPS) is 22.7. The summed E-state index contributed by atoms with van der Waals surface area (Å²) in [6.45, 7) is 2.76. The number of fused-ring (bicyclic) bond motifs is 4. The molecule has 3 aromatic heterocycles. The van der Waals surface area contributed by atoms with E-state index in [1.807, 2.05) is 24.1 Å². The summed E-state index contributed by atoms with van der Waals surface area (Å²) >= 11 is 0. The van der Waals surface area contributed by atoms with Gasteiger partial charge in [0.25, 0.3) is 5.92 Å². The average Bonchev–Trinajstić information content (AvgIpc) is 3.37. The second-order valence-corrected chi connectivity index (χ2v) is 9.73. The van der Waals surface area contributed by atoms with E-state index in [4.69, 9.17) is 15.0 Å². The Kier molecular flexibility index (Phi) is 4.43. The fraction of sp³-hybridized carbons (Fsp3) is 0.308. The predicted octanol–water partition coefficient (Wildman–Crippen LogP) is 3.99. The van der Waals surface area contributed by atoms with Gasteiger partial charge < -0.3 is 4.98 Å².